The zero-order valence-corrected chi connectivity index (χ0v) is 14.7. The van der Waals surface area contributed by atoms with Crippen LogP contribution in [0.1, 0.15) is 59.3 Å². The first-order chi connectivity index (χ1) is 10.9. The van der Waals surface area contributed by atoms with E-state index in [0.29, 0.717) is 10.8 Å². The van der Waals surface area contributed by atoms with Crippen molar-refractivity contribution in [3.05, 3.63) is 35.5 Å². The highest BCUT2D eigenvalue weighted by atomic mass is 16.1. The maximum atomic E-state index is 12.0. The Morgan fingerprint density at radius 1 is 1.13 bits per heavy atom. The molecular weight excluding hydrogens is 280 g/mol. The molecule has 1 nitrogen and oxygen atoms in total. The number of hydrogen-bond donors (Lipinski definition) is 0. The van der Waals surface area contributed by atoms with Crippen molar-refractivity contribution >= 4 is 5.78 Å². The fraction of sp³-hybridized carbons (Fsp3) is 0.682. The van der Waals surface area contributed by atoms with Crippen LogP contribution in [0, 0.1) is 34.0 Å². The van der Waals surface area contributed by atoms with Crippen molar-refractivity contribution in [3.63, 3.8) is 0 Å². The standard InChI is InChI=1S/C22H28O/c1-14-4-5-17-16-13-22(10-11-22)19-12-15(23)6-8-21(19,3)18(16)7-9-20(14,17)2/h4,6,8,12,16-18H,5,7,9-11,13H2,1-3H3. The molecule has 0 saturated heterocycles. The van der Waals surface area contributed by atoms with Crippen LogP contribution in [-0.2, 0) is 4.79 Å². The zero-order valence-electron chi connectivity index (χ0n) is 14.7. The average molecular weight is 308 g/mol. The summed E-state index contributed by atoms with van der Waals surface area (Å²) in [5, 5.41) is 0. The number of ketones is 1. The molecule has 0 aromatic carbocycles. The highest BCUT2D eigenvalue weighted by molar-refractivity contribution is 6.01. The molecule has 5 aliphatic rings. The molecule has 0 bridgehead atoms. The largest absolute Gasteiger partial charge is 0.290 e. The monoisotopic (exact) mass is 308 g/mol. The van der Waals surface area contributed by atoms with Gasteiger partial charge in [0, 0.05) is 5.41 Å². The summed E-state index contributed by atoms with van der Waals surface area (Å²) in [4.78, 5) is 12.0. The van der Waals surface area contributed by atoms with Gasteiger partial charge in [-0.05, 0) is 86.2 Å². The second kappa shape index (κ2) is 4.10. The first kappa shape index (κ1) is 14.3. The Bertz CT molecular complexity index is 689. The minimum atomic E-state index is 0.144. The van der Waals surface area contributed by atoms with E-state index in [1.807, 2.05) is 12.2 Å². The van der Waals surface area contributed by atoms with E-state index in [9.17, 15) is 4.79 Å². The van der Waals surface area contributed by atoms with Crippen LogP contribution in [0.2, 0.25) is 0 Å². The summed E-state index contributed by atoms with van der Waals surface area (Å²) >= 11 is 0. The first-order valence-corrected chi connectivity index (χ1v) is 9.52. The molecule has 3 saturated carbocycles. The Labute approximate surface area is 139 Å². The fourth-order valence-electron chi connectivity index (χ4n) is 7.02. The quantitative estimate of drug-likeness (QED) is 0.559. The van der Waals surface area contributed by atoms with Crippen molar-refractivity contribution < 1.29 is 4.79 Å². The highest BCUT2D eigenvalue weighted by Gasteiger charge is 2.64. The van der Waals surface area contributed by atoms with E-state index in [1.165, 1.54) is 44.1 Å². The van der Waals surface area contributed by atoms with Gasteiger partial charge >= 0.3 is 0 Å². The molecular formula is C22H28O. The summed E-state index contributed by atoms with van der Waals surface area (Å²) in [6, 6.07) is 0. The topological polar surface area (TPSA) is 17.1 Å². The molecule has 0 aromatic rings. The Kier molecular flexibility index (Phi) is 2.54. The summed E-state index contributed by atoms with van der Waals surface area (Å²) in [6.45, 7) is 7.33. The molecule has 5 unspecified atom stereocenters. The van der Waals surface area contributed by atoms with E-state index in [2.05, 4.69) is 32.9 Å². The van der Waals surface area contributed by atoms with Gasteiger partial charge in [-0.15, -0.1) is 0 Å². The van der Waals surface area contributed by atoms with Crippen LogP contribution < -0.4 is 0 Å². The van der Waals surface area contributed by atoms with Gasteiger partial charge in [-0.25, -0.2) is 0 Å². The molecule has 0 heterocycles. The molecule has 0 radical (unpaired) electrons. The number of fused-ring (bicyclic) bond motifs is 6. The summed E-state index contributed by atoms with van der Waals surface area (Å²) < 4.78 is 0. The van der Waals surface area contributed by atoms with Gasteiger partial charge < -0.3 is 0 Å². The van der Waals surface area contributed by atoms with Crippen LogP contribution in [0.15, 0.2) is 35.5 Å². The molecule has 3 fully saturated rings. The predicted molar refractivity (Wildman–Crippen MR) is 92.8 cm³/mol. The van der Waals surface area contributed by atoms with Gasteiger partial charge in [-0.1, -0.05) is 37.1 Å². The van der Waals surface area contributed by atoms with Crippen LogP contribution in [0.5, 0.6) is 0 Å². The van der Waals surface area contributed by atoms with Gasteiger partial charge in [0.15, 0.2) is 5.78 Å². The molecule has 0 N–H and O–H groups in total. The van der Waals surface area contributed by atoms with Crippen LogP contribution in [-0.4, -0.2) is 5.78 Å². The van der Waals surface area contributed by atoms with Gasteiger partial charge in [0.25, 0.3) is 0 Å². The molecule has 122 valence electrons. The molecule has 0 amide bonds. The number of hydrogen-bond acceptors (Lipinski definition) is 1. The van der Waals surface area contributed by atoms with Crippen molar-refractivity contribution in [2.45, 2.75) is 59.3 Å². The maximum Gasteiger partial charge on any atom is 0.178 e. The third kappa shape index (κ3) is 1.62. The van der Waals surface area contributed by atoms with E-state index < -0.39 is 0 Å². The van der Waals surface area contributed by atoms with E-state index in [-0.39, 0.29) is 11.2 Å². The van der Waals surface area contributed by atoms with Crippen molar-refractivity contribution in [3.8, 4) is 0 Å². The average Bonchev–Trinajstić information content (AvgIpc) is 3.21. The molecule has 0 aliphatic heterocycles. The highest BCUT2D eigenvalue weighted by Crippen LogP contribution is 2.73. The second-order valence-electron chi connectivity index (χ2n) is 9.52. The minimum absolute atomic E-state index is 0.144. The summed E-state index contributed by atoms with van der Waals surface area (Å²) in [5.74, 6) is 2.64. The van der Waals surface area contributed by atoms with Gasteiger partial charge in [0.1, 0.15) is 0 Å². The molecule has 5 rings (SSSR count). The Hall–Kier alpha value is -1.11. The summed E-state index contributed by atoms with van der Waals surface area (Å²) in [7, 11) is 0. The van der Waals surface area contributed by atoms with Crippen molar-refractivity contribution in [2.24, 2.45) is 34.0 Å². The van der Waals surface area contributed by atoms with Gasteiger partial charge in [-0.2, -0.15) is 0 Å². The Morgan fingerprint density at radius 2 is 1.91 bits per heavy atom. The van der Waals surface area contributed by atoms with E-state index in [4.69, 9.17) is 0 Å². The second-order valence-corrected chi connectivity index (χ2v) is 9.52. The SMILES string of the molecule is CC1=CCC2C3CC4(CC4)C4=CC(=O)C=CC4(C)C3CCC12C. The van der Waals surface area contributed by atoms with Crippen LogP contribution in [0.25, 0.3) is 0 Å². The van der Waals surface area contributed by atoms with Crippen molar-refractivity contribution in [1.29, 1.82) is 0 Å². The lowest BCUT2D eigenvalue weighted by molar-refractivity contribution is -0.111. The van der Waals surface area contributed by atoms with Crippen molar-refractivity contribution in [1.82, 2.24) is 0 Å². The van der Waals surface area contributed by atoms with E-state index in [0.717, 1.165) is 17.8 Å². The van der Waals surface area contributed by atoms with Crippen LogP contribution >= 0.6 is 0 Å². The predicted octanol–water partition coefficient (Wildman–Crippen LogP) is 5.24. The molecule has 1 spiro atoms. The lowest BCUT2D eigenvalue weighted by Crippen LogP contribution is -2.51. The molecule has 0 aromatic heterocycles. The third-order valence-corrected chi connectivity index (χ3v) is 8.69. The van der Waals surface area contributed by atoms with Crippen LogP contribution in [0.3, 0.4) is 0 Å². The smallest absolute Gasteiger partial charge is 0.178 e. The van der Waals surface area contributed by atoms with Gasteiger partial charge in [0.05, 0.1) is 0 Å². The number of carbonyl (C=O) groups excluding carboxylic acids is 1. The summed E-state index contributed by atoms with van der Waals surface area (Å²) in [6.07, 6.45) is 16.6. The van der Waals surface area contributed by atoms with Gasteiger partial charge in [0.2, 0.25) is 0 Å². The number of rotatable bonds is 0. The molecule has 1 heteroatoms. The normalized spacial score (nSPS) is 49.2. The maximum absolute atomic E-state index is 12.0. The van der Waals surface area contributed by atoms with Gasteiger partial charge in [-0.3, -0.25) is 4.79 Å². The zero-order chi connectivity index (χ0) is 16.0. The van der Waals surface area contributed by atoms with E-state index >= 15 is 0 Å². The summed E-state index contributed by atoms with van der Waals surface area (Å²) in [5.41, 5.74) is 4.12. The van der Waals surface area contributed by atoms with Crippen LogP contribution in [0.4, 0.5) is 0 Å². The molecule has 23 heavy (non-hydrogen) atoms. The number of carbonyl (C=O) groups is 1. The van der Waals surface area contributed by atoms with Crippen molar-refractivity contribution in [2.75, 3.05) is 0 Å². The number of allylic oxidation sites excluding steroid dienone is 6. The lowest BCUT2D eigenvalue weighted by Gasteiger charge is -2.59. The molecule has 5 atom stereocenters. The fourth-order valence-corrected chi connectivity index (χ4v) is 7.02. The lowest BCUT2D eigenvalue weighted by atomic mass is 9.45. The van der Waals surface area contributed by atoms with E-state index in [1.54, 1.807) is 5.57 Å². The minimum Gasteiger partial charge on any atom is -0.290 e. The Balaban J connectivity index is 1.60. The first-order valence-electron chi connectivity index (χ1n) is 9.52. The molecule has 5 aliphatic carbocycles. The Morgan fingerprint density at radius 3 is 2.65 bits per heavy atom. The third-order valence-electron chi connectivity index (χ3n) is 8.69.